The maximum atomic E-state index is 14.1. The van der Waals surface area contributed by atoms with Gasteiger partial charge in [0.25, 0.3) is 0 Å². The average molecular weight is 369 g/mol. The Morgan fingerprint density at radius 1 is 1.33 bits per heavy atom. The topological polar surface area (TPSA) is 92.0 Å². The molecule has 140 valence electrons. The van der Waals surface area contributed by atoms with Crippen LogP contribution in [-0.4, -0.2) is 62.2 Å². The minimum absolute atomic E-state index is 0.0700. The lowest BCUT2D eigenvalue weighted by Crippen LogP contribution is -2.50. The van der Waals surface area contributed by atoms with E-state index >= 15 is 0 Å². The maximum Gasteiger partial charge on any atom is 0.245 e. The van der Waals surface area contributed by atoms with Crippen molar-refractivity contribution in [1.29, 1.82) is 0 Å². The zero-order valence-electron chi connectivity index (χ0n) is 14.8. The summed E-state index contributed by atoms with van der Waals surface area (Å²) in [6, 6.07) is 4.95. The number of imidazole rings is 1. The van der Waals surface area contributed by atoms with Gasteiger partial charge in [0.05, 0.1) is 24.3 Å². The van der Waals surface area contributed by atoms with Crippen LogP contribution in [-0.2, 0) is 0 Å². The van der Waals surface area contributed by atoms with Crippen LogP contribution in [0.5, 0.6) is 5.75 Å². The van der Waals surface area contributed by atoms with Gasteiger partial charge in [0, 0.05) is 37.6 Å². The van der Waals surface area contributed by atoms with Gasteiger partial charge in [-0.05, 0) is 25.1 Å². The minimum Gasteiger partial charge on any atom is -0.507 e. The third kappa shape index (κ3) is 3.45. The highest BCUT2D eigenvalue weighted by Gasteiger charge is 2.29. The summed E-state index contributed by atoms with van der Waals surface area (Å²) >= 11 is 0. The van der Waals surface area contributed by atoms with Gasteiger partial charge >= 0.3 is 0 Å². The smallest absolute Gasteiger partial charge is 0.245 e. The van der Waals surface area contributed by atoms with Crippen molar-refractivity contribution in [3.63, 3.8) is 0 Å². The van der Waals surface area contributed by atoms with E-state index in [1.807, 2.05) is 6.07 Å². The molecule has 1 aromatic carbocycles. The summed E-state index contributed by atoms with van der Waals surface area (Å²) in [5.41, 5.74) is 1.76. The molecule has 2 aromatic heterocycles. The monoisotopic (exact) mass is 369 g/mol. The number of rotatable bonds is 4. The number of hydrogen-bond acceptors (Lipinski definition) is 7. The number of alkyl halides is 1. The highest BCUT2D eigenvalue weighted by atomic mass is 19.1. The Bertz CT molecular complexity index is 901. The molecule has 0 radical (unpaired) electrons. The molecule has 3 heterocycles. The molecule has 0 amide bonds. The largest absolute Gasteiger partial charge is 0.507 e. The van der Waals surface area contributed by atoms with E-state index < -0.39 is 6.17 Å². The summed E-state index contributed by atoms with van der Waals surface area (Å²) < 4.78 is 15.9. The minimum atomic E-state index is -0.980. The van der Waals surface area contributed by atoms with Crippen LogP contribution in [0.15, 0.2) is 43.1 Å². The molecule has 2 atom stereocenters. The number of phenols is 1. The average Bonchev–Trinajstić information content (AvgIpc) is 3.23. The third-order valence-corrected chi connectivity index (χ3v) is 4.80. The quantitative estimate of drug-likeness (QED) is 0.721. The Labute approximate surface area is 155 Å². The van der Waals surface area contributed by atoms with Crippen molar-refractivity contribution in [2.45, 2.75) is 18.6 Å². The lowest BCUT2D eigenvalue weighted by Gasteiger charge is -2.33. The second-order valence-corrected chi connectivity index (χ2v) is 6.50. The number of halogens is 1. The van der Waals surface area contributed by atoms with Gasteiger partial charge in [0.2, 0.25) is 5.95 Å². The van der Waals surface area contributed by atoms with Crippen LogP contribution in [0.4, 0.5) is 10.3 Å². The Balaban J connectivity index is 1.55. The normalized spacial score (nSPS) is 19.8. The van der Waals surface area contributed by atoms with Gasteiger partial charge in [-0.25, -0.2) is 14.4 Å². The van der Waals surface area contributed by atoms with Gasteiger partial charge in [-0.2, -0.15) is 0 Å². The second kappa shape index (κ2) is 7.28. The standard InChI is InChI=1S/C18H20FN7O/c1-25(16-4-5-20-9-14(16)19)18-22-10-15(23-24-18)13-3-2-12(8-17(13)27)26-7-6-21-11-26/h2-3,6-8,10-11,14,16,20,27H,4-5,9H2,1H3/t14-,16-/m0/s1. The number of anilines is 1. The fourth-order valence-electron chi connectivity index (χ4n) is 3.25. The van der Waals surface area contributed by atoms with E-state index in [0.717, 1.165) is 12.2 Å². The molecule has 8 nitrogen and oxygen atoms in total. The molecule has 27 heavy (non-hydrogen) atoms. The molecule has 0 saturated carbocycles. The van der Waals surface area contributed by atoms with Crippen molar-refractivity contribution in [1.82, 2.24) is 30.0 Å². The van der Waals surface area contributed by atoms with Crippen LogP contribution in [0, 0.1) is 0 Å². The molecular formula is C18H20FN7O. The van der Waals surface area contributed by atoms with E-state index in [2.05, 4.69) is 25.5 Å². The lowest BCUT2D eigenvalue weighted by molar-refractivity contribution is 0.227. The highest BCUT2D eigenvalue weighted by Crippen LogP contribution is 2.29. The summed E-state index contributed by atoms with van der Waals surface area (Å²) in [6.07, 6.45) is 6.35. The van der Waals surface area contributed by atoms with Crippen molar-refractivity contribution in [3.8, 4) is 22.7 Å². The number of hydrogen-bond donors (Lipinski definition) is 2. The summed E-state index contributed by atoms with van der Waals surface area (Å²) in [7, 11) is 1.77. The Hall–Kier alpha value is -3.07. The van der Waals surface area contributed by atoms with E-state index in [0.29, 0.717) is 30.2 Å². The third-order valence-electron chi connectivity index (χ3n) is 4.80. The van der Waals surface area contributed by atoms with Crippen LogP contribution >= 0.6 is 0 Å². The maximum absolute atomic E-state index is 14.1. The molecule has 4 rings (SSSR count). The number of benzene rings is 1. The van der Waals surface area contributed by atoms with Crippen molar-refractivity contribution < 1.29 is 9.50 Å². The number of aromatic nitrogens is 5. The van der Waals surface area contributed by atoms with Gasteiger partial charge in [0.15, 0.2) is 0 Å². The van der Waals surface area contributed by atoms with Crippen LogP contribution in [0.2, 0.25) is 0 Å². The van der Waals surface area contributed by atoms with E-state index in [4.69, 9.17) is 0 Å². The predicted octanol–water partition coefficient (Wildman–Crippen LogP) is 1.57. The van der Waals surface area contributed by atoms with E-state index in [1.165, 1.54) is 0 Å². The first kappa shape index (κ1) is 17.3. The molecule has 1 saturated heterocycles. The first-order valence-electron chi connectivity index (χ1n) is 8.72. The summed E-state index contributed by atoms with van der Waals surface area (Å²) in [5, 5.41) is 21.7. The molecule has 1 fully saturated rings. The molecule has 0 unspecified atom stereocenters. The Morgan fingerprint density at radius 2 is 2.22 bits per heavy atom. The van der Waals surface area contributed by atoms with Gasteiger partial charge in [-0.3, -0.25) is 0 Å². The lowest BCUT2D eigenvalue weighted by atomic mass is 10.0. The molecule has 1 aliphatic heterocycles. The molecule has 3 aromatic rings. The molecule has 0 aliphatic carbocycles. The van der Waals surface area contributed by atoms with Crippen LogP contribution < -0.4 is 10.2 Å². The first-order chi connectivity index (χ1) is 13.1. The fraction of sp³-hybridized carbons (Fsp3) is 0.333. The summed E-state index contributed by atoms with van der Waals surface area (Å²) in [5.74, 6) is 0.434. The van der Waals surface area contributed by atoms with Crippen molar-refractivity contribution in [2.75, 3.05) is 25.0 Å². The summed E-state index contributed by atoms with van der Waals surface area (Å²) in [6.45, 7) is 1.09. The van der Waals surface area contributed by atoms with Crippen LogP contribution in [0.25, 0.3) is 16.9 Å². The number of piperidine rings is 1. The Kier molecular flexibility index (Phi) is 4.68. The van der Waals surface area contributed by atoms with Crippen molar-refractivity contribution in [2.24, 2.45) is 0 Å². The predicted molar refractivity (Wildman–Crippen MR) is 98.6 cm³/mol. The van der Waals surface area contributed by atoms with Gasteiger partial charge in [-0.1, -0.05) is 0 Å². The Morgan fingerprint density at radius 3 is 2.89 bits per heavy atom. The molecule has 0 spiro atoms. The SMILES string of the molecule is CN(c1ncc(-c2ccc(-n3ccnc3)cc2O)nn1)[C@H]1CCNC[C@@H]1F. The van der Waals surface area contributed by atoms with Crippen molar-refractivity contribution in [3.05, 3.63) is 43.1 Å². The number of phenolic OH excluding ortho intramolecular Hbond substituents is 1. The number of nitrogens with zero attached hydrogens (tertiary/aromatic N) is 6. The molecule has 1 aliphatic rings. The highest BCUT2D eigenvalue weighted by molar-refractivity contribution is 5.68. The molecule has 2 N–H and O–H groups in total. The number of aromatic hydroxyl groups is 1. The van der Waals surface area contributed by atoms with Crippen LogP contribution in [0.1, 0.15) is 6.42 Å². The van der Waals surface area contributed by atoms with E-state index in [9.17, 15) is 9.50 Å². The summed E-state index contributed by atoms with van der Waals surface area (Å²) in [4.78, 5) is 10.0. The van der Waals surface area contributed by atoms with E-state index in [1.54, 1.807) is 53.6 Å². The first-order valence-corrected chi connectivity index (χ1v) is 8.72. The second-order valence-electron chi connectivity index (χ2n) is 6.50. The van der Waals surface area contributed by atoms with Crippen molar-refractivity contribution >= 4 is 5.95 Å². The van der Waals surface area contributed by atoms with E-state index in [-0.39, 0.29) is 11.8 Å². The molecule has 0 bridgehead atoms. The zero-order chi connectivity index (χ0) is 18.8. The molecular weight excluding hydrogens is 349 g/mol. The van der Waals surface area contributed by atoms with Gasteiger partial charge in [0.1, 0.15) is 17.6 Å². The van der Waals surface area contributed by atoms with Crippen LogP contribution in [0.3, 0.4) is 0 Å². The number of nitrogens with one attached hydrogen (secondary N) is 1. The van der Waals surface area contributed by atoms with Gasteiger partial charge < -0.3 is 19.9 Å². The zero-order valence-corrected chi connectivity index (χ0v) is 14.8. The molecule has 9 heteroatoms. The fourth-order valence-corrected chi connectivity index (χ4v) is 3.25. The van der Waals surface area contributed by atoms with Gasteiger partial charge in [-0.15, -0.1) is 10.2 Å².